The Hall–Kier alpha value is -1.47. The molecule has 3 saturated carbocycles. The summed E-state index contributed by atoms with van der Waals surface area (Å²) in [6.45, 7) is 7.16. The van der Waals surface area contributed by atoms with Crippen LogP contribution in [0.1, 0.15) is 59.3 Å². The van der Waals surface area contributed by atoms with Gasteiger partial charge < -0.3 is 19.5 Å². The summed E-state index contributed by atoms with van der Waals surface area (Å²) >= 11 is 0. The molecule has 3 fully saturated rings. The number of methoxy groups -OCH3 is 1. The van der Waals surface area contributed by atoms with Crippen molar-refractivity contribution in [3.05, 3.63) is 0 Å². The minimum Gasteiger partial charge on any atom is -0.469 e. The minimum atomic E-state index is -1.07. The van der Waals surface area contributed by atoms with Gasteiger partial charge >= 0.3 is 11.9 Å². The summed E-state index contributed by atoms with van der Waals surface area (Å²) in [4.78, 5) is 40.6. The molecule has 0 saturated heterocycles. The number of fused-ring (bicyclic) bond motifs is 3. The summed E-state index contributed by atoms with van der Waals surface area (Å²) in [6.07, 6.45) is 2.89. The van der Waals surface area contributed by atoms with Crippen LogP contribution in [0.3, 0.4) is 0 Å². The highest BCUT2D eigenvalue weighted by Gasteiger charge is 2.65. The van der Waals surface area contributed by atoms with Crippen molar-refractivity contribution in [2.75, 3.05) is 34.4 Å². The summed E-state index contributed by atoms with van der Waals surface area (Å²) in [6, 6.07) is 0. The maximum atomic E-state index is 13.5. The number of Topliss-reactive ketones (excluding diaryl/α,β-unsaturated/α-hetero) is 1. The molecule has 3 aliphatic rings. The second-order valence-corrected chi connectivity index (χ2v) is 11.1. The van der Waals surface area contributed by atoms with E-state index in [2.05, 4.69) is 13.8 Å². The lowest BCUT2D eigenvalue weighted by Gasteiger charge is -2.62. The number of aliphatic hydroxyl groups is 1. The fourth-order valence-electron chi connectivity index (χ4n) is 7.22. The van der Waals surface area contributed by atoms with E-state index in [-0.39, 0.29) is 53.2 Å². The minimum absolute atomic E-state index is 0.0941. The van der Waals surface area contributed by atoms with E-state index in [4.69, 9.17) is 9.47 Å². The summed E-state index contributed by atoms with van der Waals surface area (Å²) in [5, 5.41) is 10.8. The van der Waals surface area contributed by atoms with E-state index in [1.807, 2.05) is 19.0 Å². The maximum absolute atomic E-state index is 13.5. The van der Waals surface area contributed by atoms with Crippen LogP contribution in [0.4, 0.5) is 0 Å². The first-order chi connectivity index (χ1) is 15.0. The van der Waals surface area contributed by atoms with Gasteiger partial charge in [0.1, 0.15) is 12.4 Å². The summed E-state index contributed by atoms with van der Waals surface area (Å²) in [5.74, 6) is -0.407. The van der Waals surface area contributed by atoms with E-state index in [0.717, 1.165) is 19.3 Å². The van der Waals surface area contributed by atoms with Crippen LogP contribution >= 0.6 is 0 Å². The standard InChI is InChI=1S/C25H41NO6/c1-15-16(13-21(29)32-12-11-26(4)5)7-8-17-22(15)18(27)14-19-24(17,2)10-9-20(28)25(19,3)23(30)31-6/h15-17,19-20,22,28H,7-14H2,1-6H3. The molecule has 0 amide bonds. The topological polar surface area (TPSA) is 93.1 Å². The van der Waals surface area contributed by atoms with E-state index < -0.39 is 17.5 Å². The van der Waals surface area contributed by atoms with Crippen LogP contribution in [0, 0.1) is 40.4 Å². The molecule has 8 unspecified atom stereocenters. The van der Waals surface area contributed by atoms with Gasteiger partial charge in [-0.3, -0.25) is 14.4 Å². The van der Waals surface area contributed by atoms with E-state index in [9.17, 15) is 19.5 Å². The van der Waals surface area contributed by atoms with Gasteiger partial charge in [0.15, 0.2) is 0 Å². The smallest absolute Gasteiger partial charge is 0.314 e. The van der Waals surface area contributed by atoms with Gasteiger partial charge in [0, 0.05) is 25.3 Å². The van der Waals surface area contributed by atoms with Gasteiger partial charge in [-0.15, -0.1) is 0 Å². The molecule has 0 aromatic rings. The highest BCUT2D eigenvalue weighted by Crippen LogP contribution is 2.64. The molecule has 0 aromatic heterocycles. The SMILES string of the molecule is COC(=O)C1(C)C(O)CCC2(C)C3CCC(CC(=O)OCCN(C)C)C(C)C3C(=O)CC21. The molecule has 0 aromatic carbocycles. The number of carbonyl (C=O) groups is 3. The Balaban J connectivity index is 1.77. The zero-order valence-electron chi connectivity index (χ0n) is 20.6. The van der Waals surface area contributed by atoms with Gasteiger partial charge in [-0.2, -0.15) is 0 Å². The number of ether oxygens (including phenoxy) is 2. The van der Waals surface area contributed by atoms with Gasteiger partial charge in [0.2, 0.25) is 0 Å². The highest BCUT2D eigenvalue weighted by atomic mass is 16.5. The van der Waals surface area contributed by atoms with Crippen molar-refractivity contribution in [2.45, 2.75) is 65.4 Å². The van der Waals surface area contributed by atoms with Crippen LogP contribution in [0.5, 0.6) is 0 Å². The number of aliphatic hydroxyl groups excluding tert-OH is 1. The number of hydrogen-bond acceptors (Lipinski definition) is 7. The molecular weight excluding hydrogens is 410 g/mol. The van der Waals surface area contributed by atoms with Crippen molar-refractivity contribution in [1.82, 2.24) is 4.90 Å². The molecule has 182 valence electrons. The Morgan fingerprint density at radius 1 is 1.19 bits per heavy atom. The van der Waals surface area contributed by atoms with Crippen LogP contribution in [-0.4, -0.2) is 68.2 Å². The predicted octanol–water partition coefficient (Wildman–Crippen LogP) is 2.69. The van der Waals surface area contributed by atoms with Crippen molar-refractivity contribution in [1.29, 1.82) is 0 Å². The average molecular weight is 452 g/mol. The summed E-state index contributed by atoms with van der Waals surface area (Å²) in [7, 11) is 5.23. The van der Waals surface area contributed by atoms with E-state index >= 15 is 0 Å². The third-order valence-corrected chi connectivity index (χ3v) is 9.24. The molecule has 0 spiro atoms. The van der Waals surface area contributed by atoms with Crippen molar-refractivity contribution in [2.24, 2.45) is 40.4 Å². The lowest BCUT2D eigenvalue weighted by atomic mass is 9.42. The van der Waals surface area contributed by atoms with Crippen LogP contribution in [0.25, 0.3) is 0 Å². The van der Waals surface area contributed by atoms with Gasteiger partial charge in [-0.1, -0.05) is 13.8 Å². The lowest BCUT2D eigenvalue weighted by Crippen LogP contribution is -2.63. The van der Waals surface area contributed by atoms with Crippen molar-refractivity contribution in [3.8, 4) is 0 Å². The Morgan fingerprint density at radius 2 is 1.88 bits per heavy atom. The van der Waals surface area contributed by atoms with Gasteiger partial charge in [0.25, 0.3) is 0 Å². The number of nitrogens with zero attached hydrogens (tertiary/aromatic N) is 1. The Kier molecular flexibility index (Phi) is 7.40. The molecule has 7 heteroatoms. The van der Waals surface area contributed by atoms with Crippen LogP contribution in [0.15, 0.2) is 0 Å². The fraction of sp³-hybridized carbons (Fsp3) is 0.880. The van der Waals surface area contributed by atoms with Crippen LogP contribution in [-0.2, 0) is 23.9 Å². The second kappa shape index (κ2) is 9.41. The molecule has 3 aliphatic carbocycles. The number of likely N-dealkylation sites (N-methyl/N-ethyl adjacent to an activating group) is 1. The zero-order chi connectivity index (χ0) is 23.8. The van der Waals surface area contributed by atoms with Crippen LogP contribution in [0.2, 0.25) is 0 Å². The largest absolute Gasteiger partial charge is 0.469 e. The second-order valence-electron chi connectivity index (χ2n) is 11.1. The number of esters is 2. The number of hydrogen-bond donors (Lipinski definition) is 1. The molecule has 1 N–H and O–H groups in total. The first-order valence-corrected chi connectivity index (χ1v) is 12.1. The average Bonchev–Trinajstić information content (AvgIpc) is 2.73. The summed E-state index contributed by atoms with van der Waals surface area (Å²) in [5.41, 5.74) is -1.29. The quantitative estimate of drug-likeness (QED) is 0.621. The molecule has 7 nitrogen and oxygen atoms in total. The molecular formula is C25H41NO6. The Morgan fingerprint density at radius 3 is 2.50 bits per heavy atom. The van der Waals surface area contributed by atoms with Crippen molar-refractivity contribution < 1.29 is 29.0 Å². The fourth-order valence-corrected chi connectivity index (χ4v) is 7.22. The number of ketones is 1. The first kappa shape index (κ1) is 25.2. The van der Waals surface area contributed by atoms with E-state index in [1.54, 1.807) is 6.92 Å². The molecule has 8 atom stereocenters. The predicted molar refractivity (Wildman–Crippen MR) is 120 cm³/mol. The summed E-state index contributed by atoms with van der Waals surface area (Å²) < 4.78 is 10.5. The highest BCUT2D eigenvalue weighted by molar-refractivity contribution is 5.86. The molecule has 0 aliphatic heterocycles. The zero-order valence-corrected chi connectivity index (χ0v) is 20.6. The normalized spacial score (nSPS) is 41.6. The maximum Gasteiger partial charge on any atom is 0.314 e. The third kappa shape index (κ3) is 4.23. The molecule has 32 heavy (non-hydrogen) atoms. The van der Waals surface area contributed by atoms with Gasteiger partial charge in [-0.05, 0) is 75.8 Å². The van der Waals surface area contributed by atoms with E-state index in [0.29, 0.717) is 26.0 Å². The molecule has 0 radical (unpaired) electrons. The van der Waals surface area contributed by atoms with Gasteiger partial charge in [0.05, 0.1) is 18.6 Å². The monoisotopic (exact) mass is 451 g/mol. The van der Waals surface area contributed by atoms with Crippen LogP contribution < -0.4 is 0 Å². The molecule has 3 rings (SSSR count). The molecule has 0 heterocycles. The Bertz CT molecular complexity index is 738. The van der Waals surface area contributed by atoms with Gasteiger partial charge in [-0.25, -0.2) is 0 Å². The number of carbonyl (C=O) groups excluding carboxylic acids is 3. The van der Waals surface area contributed by atoms with E-state index in [1.165, 1.54) is 7.11 Å². The molecule has 0 bridgehead atoms. The lowest BCUT2D eigenvalue weighted by molar-refractivity contribution is -0.200. The Labute approximate surface area is 192 Å². The van der Waals surface area contributed by atoms with Crippen molar-refractivity contribution >= 4 is 17.7 Å². The van der Waals surface area contributed by atoms with Crippen molar-refractivity contribution in [3.63, 3.8) is 0 Å². The number of rotatable bonds is 6. The first-order valence-electron chi connectivity index (χ1n) is 12.1. The third-order valence-electron chi connectivity index (χ3n) is 9.24.